The van der Waals surface area contributed by atoms with Gasteiger partial charge in [-0.15, -0.1) is 11.3 Å². The molecule has 2 aliphatic rings. The molecule has 1 aromatic carbocycles. The Kier molecular flexibility index (Phi) is 6.08. The number of hydrogen-bond acceptors (Lipinski definition) is 7. The zero-order valence-corrected chi connectivity index (χ0v) is 18.2. The largest absolute Gasteiger partial charge is 0.497 e. The van der Waals surface area contributed by atoms with E-state index in [0.717, 1.165) is 17.0 Å². The van der Waals surface area contributed by atoms with Gasteiger partial charge in [0.15, 0.2) is 5.13 Å². The van der Waals surface area contributed by atoms with Gasteiger partial charge >= 0.3 is 12.0 Å². The topological polar surface area (TPSA) is 101 Å². The normalized spacial score (nSPS) is 17.6. The number of amides is 3. The first-order chi connectivity index (χ1) is 15.0. The van der Waals surface area contributed by atoms with Crippen molar-refractivity contribution in [2.75, 3.05) is 43.6 Å². The fourth-order valence-corrected chi connectivity index (χ4v) is 4.87. The number of aromatic nitrogens is 1. The maximum Gasteiger partial charge on any atom is 0.325 e. The van der Waals surface area contributed by atoms with Crippen molar-refractivity contribution in [3.63, 3.8) is 0 Å². The number of methoxy groups -OCH3 is 1. The molecule has 1 atom stereocenters. The van der Waals surface area contributed by atoms with Gasteiger partial charge in [-0.1, -0.05) is 0 Å². The number of anilines is 2. The average Bonchev–Trinajstić information content (AvgIpc) is 3.43. The Balaban J connectivity index is 1.35. The summed E-state index contributed by atoms with van der Waals surface area (Å²) < 4.78 is 10.3. The second-order valence-corrected chi connectivity index (χ2v) is 8.36. The van der Waals surface area contributed by atoms with E-state index < -0.39 is 0 Å². The number of benzene rings is 1. The van der Waals surface area contributed by atoms with Crippen molar-refractivity contribution in [3.05, 3.63) is 34.8 Å². The van der Waals surface area contributed by atoms with Crippen LogP contribution in [0.1, 0.15) is 29.8 Å². The smallest absolute Gasteiger partial charge is 0.325 e. The number of thiazole rings is 1. The number of carbonyl (C=O) groups excluding carboxylic acids is 3. The number of esters is 1. The van der Waals surface area contributed by atoms with Gasteiger partial charge in [0.05, 0.1) is 19.4 Å². The summed E-state index contributed by atoms with van der Waals surface area (Å²) in [6.07, 6.45) is 1.43. The molecule has 1 aliphatic carbocycles. The molecule has 0 radical (unpaired) electrons. The first-order valence-electron chi connectivity index (χ1n) is 10.2. The van der Waals surface area contributed by atoms with E-state index in [9.17, 15) is 14.4 Å². The van der Waals surface area contributed by atoms with E-state index >= 15 is 0 Å². The average molecular weight is 445 g/mol. The van der Waals surface area contributed by atoms with Crippen molar-refractivity contribution in [2.45, 2.75) is 25.7 Å². The highest BCUT2D eigenvalue weighted by Gasteiger charge is 2.34. The third kappa shape index (κ3) is 4.34. The van der Waals surface area contributed by atoms with Gasteiger partial charge in [-0.2, -0.15) is 0 Å². The van der Waals surface area contributed by atoms with E-state index in [-0.39, 0.29) is 30.4 Å². The molecule has 2 aromatic rings. The number of urea groups is 1. The van der Waals surface area contributed by atoms with Crippen LogP contribution in [0.25, 0.3) is 0 Å². The maximum absolute atomic E-state index is 12.7. The Morgan fingerprint density at radius 2 is 2.03 bits per heavy atom. The molecule has 164 valence electrons. The Morgan fingerprint density at radius 3 is 2.74 bits per heavy atom. The standard InChI is InChI=1S/C21H24N4O5S/c1-3-30-19(27)15-8-9-16-18(15)23-20(31-16)22-17(26)12-24-10-11-25(21(24)28)13-4-6-14(29-2)7-5-13/h4-7,15H,3,8-12H2,1-2H3,(H,22,23,26). The molecule has 2 heterocycles. The highest BCUT2D eigenvalue weighted by Crippen LogP contribution is 2.39. The zero-order chi connectivity index (χ0) is 22.0. The molecule has 31 heavy (non-hydrogen) atoms. The summed E-state index contributed by atoms with van der Waals surface area (Å²) in [7, 11) is 1.59. The predicted molar refractivity (Wildman–Crippen MR) is 116 cm³/mol. The predicted octanol–water partition coefficient (Wildman–Crippen LogP) is 2.63. The molecule has 10 heteroatoms. The molecule has 1 unspecified atom stereocenters. The van der Waals surface area contributed by atoms with E-state index in [1.54, 1.807) is 31.1 Å². The van der Waals surface area contributed by atoms with Crippen LogP contribution < -0.4 is 15.0 Å². The summed E-state index contributed by atoms with van der Waals surface area (Å²) in [5.74, 6) is -0.238. The number of hydrogen-bond donors (Lipinski definition) is 1. The van der Waals surface area contributed by atoms with Crippen molar-refractivity contribution < 1.29 is 23.9 Å². The van der Waals surface area contributed by atoms with Crippen LogP contribution in [0.5, 0.6) is 5.75 Å². The Labute approximate surface area is 183 Å². The number of aryl methyl sites for hydroxylation is 1. The summed E-state index contributed by atoms with van der Waals surface area (Å²) in [5.41, 5.74) is 1.46. The minimum Gasteiger partial charge on any atom is -0.497 e. The maximum atomic E-state index is 12.7. The summed E-state index contributed by atoms with van der Waals surface area (Å²) in [6.45, 7) is 3.01. The van der Waals surface area contributed by atoms with Gasteiger partial charge < -0.3 is 19.7 Å². The van der Waals surface area contributed by atoms with E-state index in [1.807, 2.05) is 12.1 Å². The summed E-state index contributed by atoms with van der Waals surface area (Å²) in [6, 6.07) is 7.01. The third-order valence-corrected chi connectivity index (χ3v) is 6.40. The van der Waals surface area contributed by atoms with Crippen LogP contribution in [0.15, 0.2) is 24.3 Å². The zero-order valence-electron chi connectivity index (χ0n) is 17.4. The van der Waals surface area contributed by atoms with Crippen LogP contribution in [0, 0.1) is 0 Å². The molecule has 0 bridgehead atoms. The number of nitrogens with one attached hydrogen (secondary N) is 1. The molecule has 1 fully saturated rings. The molecule has 9 nitrogen and oxygen atoms in total. The van der Waals surface area contributed by atoms with E-state index in [1.165, 1.54) is 16.2 Å². The summed E-state index contributed by atoms with van der Waals surface area (Å²) in [5, 5.41) is 3.21. The van der Waals surface area contributed by atoms with Crippen LogP contribution in [-0.2, 0) is 20.7 Å². The number of ether oxygens (including phenoxy) is 2. The van der Waals surface area contributed by atoms with Crippen LogP contribution in [0.4, 0.5) is 15.6 Å². The Morgan fingerprint density at radius 1 is 1.26 bits per heavy atom. The fraction of sp³-hybridized carbons (Fsp3) is 0.429. The third-order valence-electron chi connectivity index (χ3n) is 5.35. The van der Waals surface area contributed by atoms with Crippen LogP contribution >= 0.6 is 11.3 Å². The van der Waals surface area contributed by atoms with Gasteiger partial charge in [-0.05, 0) is 44.0 Å². The minimum atomic E-state index is -0.366. The lowest BCUT2D eigenvalue weighted by Gasteiger charge is -2.18. The van der Waals surface area contributed by atoms with Gasteiger partial charge in [-0.3, -0.25) is 14.5 Å². The minimum absolute atomic E-state index is 0.0585. The second-order valence-electron chi connectivity index (χ2n) is 7.27. The van der Waals surface area contributed by atoms with E-state index in [0.29, 0.717) is 42.7 Å². The van der Waals surface area contributed by atoms with E-state index in [2.05, 4.69) is 10.3 Å². The first-order valence-corrected chi connectivity index (χ1v) is 11.0. The second kappa shape index (κ2) is 8.93. The molecule has 1 N–H and O–H groups in total. The summed E-state index contributed by atoms with van der Waals surface area (Å²) in [4.78, 5) is 45.9. The quantitative estimate of drug-likeness (QED) is 0.659. The molecule has 0 saturated carbocycles. The highest BCUT2D eigenvalue weighted by atomic mass is 32.1. The van der Waals surface area contributed by atoms with Gasteiger partial charge in [0, 0.05) is 23.7 Å². The first kappa shape index (κ1) is 21.1. The SMILES string of the molecule is CCOC(=O)C1CCc2sc(NC(=O)CN3CCN(c4ccc(OC)cc4)C3=O)nc21. The lowest BCUT2D eigenvalue weighted by Crippen LogP contribution is -2.37. The van der Waals surface area contributed by atoms with Crippen molar-refractivity contribution >= 4 is 40.1 Å². The molecule has 4 rings (SSSR count). The van der Waals surface area contributed by atoms with Gasteiger partial charge in [0.25, 0.3) is 0 Å². The number of fused-ring (bicyclic) bond motifs is 1. The van der Waals surface area contributed by atoms with Crippen LogP contribution in [0.2, 0.25) is 0 Å². The lowest BCUT2D eigenvalue weighted by atomic mass is 10.1. The van der Waals surface area contributed by atoms with Crippen molar-refractivity contribution in [2.24, 2.45) is 0 Å². The van der Waals surface area contributed by atoms with Crippen molar-refractivity contribution in [1.29, 1.82) is 0 Å². The lowest BCUT2D eigenvalue weighted by molar-refractivity contribution is -0.145. The number of nitrogens with zero attached hydrogens (tertiary/aromatic N) is 3. The molecule has 1 saturated heterocycles. The molecule has 1 aliphatic heterocycles. The van der Waals surface area contributed by atoms with E-state index in [4.69, 9.17) is 9.47 Å². The molecular formula is C21H24N4O5S. The molecular weight excluding hydrogens is 420 g/mol. The molecule has 3 amide bonds. The Hall–Kier alpha value is -3.14. The van der Waals surface area contributed by atoms with Crippen molar-refractivity contribution in [3.8, 4) is 5.75 Å². The van der Waals surface area contributed by atoms with Crippen LogP contribution in [-0.4, -0.2) is 61.1 Å². The highest BCUT2D eigenvalue weighted by molar-refractivity contribution is 7.16. The molecule has 0 spiro atoms. The number of rotatable bonds is 7. The summed E-state index contributed by atoms with van der Waals surface area (Å²) >= 11 is 1.37. The van der Waals surface area contributed by atoms with Gasteiger partial charge in [0.2, 0.25) is 5.91 Å². The Bertz CT molecular complexity index is 990. The van der Waals surface area contributed by atoms with Gasteiger partial charge in [0.1, 0.15) is 18.2 Å². The monoisotopic (exact) mass is 444 g/mol. The van der Waals surface area contributed by atoms with Crippen molar-refractivity contribution in [1.82, 2.24) is 9.88 Å². The number of carbonyl (C=O) groups is 3. The fourth-order valence-electron chi connectivity index (χ4n) is 3.82. The van der Waals surface area contributed by atoms with Gasteiger partial charge in [-0.25, -0.2) is 9.78 Å². The van der Waals surface area contributed by atoms with Crippen LogP contribution in [0.3, 0.4) is 0 Å². The molecule has 1 aromatic heterocycles.